The summed E-state index contributed by atoms with van der Waals surface area (Å²) in [6.45, 7) is 10.9. The lowest BCUT2D eigenvalue weighted by atomic mass is 9.96. The zero-order valence-electron chi connectivity index (χ0n) is 19.0. The second kappa shape index (κ2) is 8.51. The monoisotopic (exact) mass is 484 g/mol. The number of amides is 1. The van der Waals surface area contributed by atoms with E-state index in [1.54, 1.807) is 12.1 Å². The molecule has 3 aliphatic rings. The van der Waals surface area contributed by atoms with Crippen LogP contribution in [0.25, 0.3) is 4.85 Å². The van der Waals surface area contributed by atoms with Crippen LogP contribution in [0.2, 0.25) is 5.02 Å². The van der Waals surface area contributed by atoms with Crippen LogP contribution in [0.5, 0.6) is 23.3 Å². The van der Waals surface area contributed by atoms with Gasteiger partial charge in [0.05, 0.1) is 25.3 Å². The number of methoxy groups -OCH3 is 1. The Morgan fingerprint density at radius 1 is 1.29 bits per heavy atom. The van der Waals surface area contributed by atoms with Gasteiger partial charge in [-0.3, -0.25) is 0 Å². The number of halogens is 1. The molecule has 2 aliphatic carbocycles. The summed E-state index contributed by atoms with van der Waals surface area (Å²) in [4.78, 5) is 26.0. The molecule has 0 N–H and O–H groups in total. The molecule has 1 aliphatic heterocycles. The third kappa shape index (κ3) is 4.42. The highest BCUT2D eigenvalue weighted by Crippen LogP contribution is 2.58. The Morgan fingerprint density at radius 3 is 2.76 bits per heavy atom. The van der Waals surface area contributed by atoms with Gasteiger partial charge in [-0.2, -0.15) is 9.97 Å². The number of benzene rings is 1. The minimum atomic E-state index is -0.259. The molecule has 1 saturated heterocycles. The maximum absolute atomic E-state index is 12.4. The van der Waals surface area contributed by atoms with Crippen molar-refractivity contribution in [2.75, 3.05) is 26.8 Å². The first-order valence-electron chi connectivity index (χ1n) is 11.2. The van der Waals surface area contributed by atoms with Crippen LogP contribution in [0.3, 0.4) is 0 Å². The first kappa shape index (κ1) is 22.5. The van der Waals surface area contributed by atoms with E-state index < -0.39 is 0 Å². The molecule has 2 heterocycles. The smallest absolute Gasteiger partial charge is 0.410 e. The number of ether oxygens (including phenoxy) is 4. The van der Waals surface area contributed by atoms with Crippen molar-refractivity contribution in [3.8, 4) is 23.3 Å². The van der Waals surface area contributed by atoms with Gasteiger partial charge in [0, 0.05) is 18.5 Å². The van der Waals surface area contributed by atoms with Crippen molar-refractivity contribution in [2.45, 2.75) is 38.2 Å². The molecule has 2 unspecified atom stereocenters. The van der Waals surface area contributed by atoms with Gasteiger partial charge >= 0.3 is 6.09 Å². The van der Waals surface area contributed by atoms with Crippen LogP contribution in [0, 0.1) is 17.9 Å². The van der Waals surface area contributed by atoms with Crippen LogP contribution in [0.4, 0.5) is 10.5 Å². The molecule has 5 rings (SSSR count). The third-order valence-electron chi connectivity index (χ3n) is 6.92. The number of fused-ring (bicyclic) bond motifs is 1. The Morgan fingerprint density at radius 2 is 2.09 bits per heavy atom. The maximum Gasteiger partial charge on any atom is 0.410 e. The van der Waals surface area contributed by atoms with E-state index in [1.807, 2.05) is 11.8 Å². The first-order chi connectivity index (χ1) is 16.3. The molecule has 0 bridgehead atoms. The zero-order chi connectivity index (χ0) is 23.9. The Kier molecular flexibility index (Phi) is 5.64. The van der Waals surface area contributed by atoms with E-state index >= 15 is 0 Å². The number of likely N-dealkylation sites (tertiary alicyclic amines) is 1. The van der Waals surface area contributed by atoms with Gasteiger partial charge in [-0.05, 0) is 50.7 Å². The largest absolute Gasteiger partial charge is 0.487 e. The average molecular weight is 485 g/mol. The quantitative estimate of drug-likeness (QED) is 0.495. The van der Waals surface area contributed by atoms with Crippen LogP contribution >= 0.6 is 11.6 Å². The highest BCUT2D eigenvalue weighted by molar-refractivity contribution is 6.32. The Bertz CT molecular complexity index is 1160. The lowest BCUT2D eigenvalue weighted by Gasteiger charge is -2.31. The molecule has 1 aromatic heterocycles. The molecule has 1 amide bonds. The normalized spacial score (nSPS) is 23.8. The van der Waals surface area contributed by atoms with Gasteiger partial charge in [0.15, 0.2) is 5.69 Å². The summed E-state index contributed by atoms with van der Waals surface area (Å²) < 4.78 is 23.0. The summed E-state index contributed by atoms with van der Waals surface area (Å²) in [7, 11) is 1.49. The molecular formula is C24H25ClN4O5. The molecule has 2 saturated carbocycles. The van der Waals surface area contributed by atoms with Crippen LogP contribution in [-0.2, 0) is 4.74 Å². The summed E-state index contributed by atoms with van der Waals surface area (Å²) in [5.74, 6) is 1.44. The van der Waals surface area contributed by atoms with Gasteiger partial charge in [0.25, 0.3) is 11.8 Å². The fraction of sp³-hybridized carbons (Fsp3) is 0.500. The molecule has 2 atom stereocenters. The number of nitrogens with zero attached hydrogens (tertiary/aromatic N) is 4. The van der Waals surface area contributed by atoms with Gasteiger partial charge in [-0.1, -0.05) is 17.7 Å². The second-order valence-electron chi connectivity index (χ2n) is 9.41. The Hall–Kier alpha value is -3.25. The van der Waals surface area contributed by atoms with Crippen LogP contribution in [0.1, 0.15) is 32.6 Å². The highest BCUT2D eigenvalue weighted by atomic mass is 35.5. The molecular weight excluding hydrogens is 460 g/mol. The summed E-state index contributed by atoms with van der Waals surface area (Å²) in [6, 6.07) is 4.74. The van der Waals surface area contributed by atoms with Crippen LogP contribution in [-0.4, -0.2) is 53.4 Å². The summed E-state index contributed by atoms with van der Waals surface area (Å²) >= 11 is 6.23. The Balaban J connectivity index is 1.22. The number of aromatic nitrogens is 2. The number of rotatable bonds is 7. The van der Waals surface area contributed by atoms with E-state index in [1.165, 1.54) is 19.5 Å². The van der Waals surface area contributed by atoms with Crippen molar-refractivity contribution >= 4 is 23.4 Å². The van der Waals surface area contributed by atoms with Gasteiger partial charge in [-0.15, -0.1) is 0 Å². The molecule has 1 aromatic carbocycles. The molecule has 0 spiro atoms. The molecule has 10 heteroatoms. The minimum absolute atomic E-state index is 0.0240. The lowest BCUT2D eigenvalue weighted by Crippen LogP contribution is -2.42. The number of carbonyl (C=O) groups is 1. The lowest BCUT2D eigenvalue weighted by molar-refractivity contribution is 0.0438. The topological polar surface area (TPSA) is 87.4 Å². The van der Waals surface area contributed by atoms with Crippen molar-refractivity contribution in [3.63, 3.8) is 0 Å². The number of hydrogen-bond acceptors (Lipinski definition) is 7. The zero-order valence-corrected chi connectivity index (χ0v) is 19.8. The summed E-state index contributed by atoms with van der Waals surface area (Å²) in [5, 5.41) is 0.289. The van der Waals surface area contributed by atoms with Crippen LogP contribution < -0.4 is 14.2 Å². The molecule has 3 fully saturated rings. The second-order valence-corrected chi connectivity index (χ2v) is 9.82. The summed E-state index contributed by atoms with van der Waals surface area (Å²) in [6.07, 6.45) is 4.87. The number of piperidine rings is 1. The minimum Gasteiger partial charge on any atom is -0.487 e. The highest BCUT2D eigenvalue weighted by Gasteiger charge is 2.58. The van der Waals surface area contributed by atoms with Crippen molar-refractivity contribution in [2.24, 2.45) is 11.3 Å². The fourth-order valence-corrected chi connectivity index (χ4v) is 4.54. The van der Waals surface area contributed by atoms with E-state index in [9.17, 15) is 4.79 Å². The van der Waals surface area contributed by atoms with E-state index in [0.29, 0.717) is 37.1 Å². The van der Waals surface area contributed by atoms with E-state index in [2.05, 4.69) is 14.8 Å². The summed E-state index contributed by atoms with van der Waals surface area (Å²) in [5.41, 5.74) is 0.177. The Labute approximate surface area is 202 Å². The van der Waals surface area contributed by atoms with Crippen molar-refractivity contribution in [1.29, 1.82) is 0 Å². The van der Waals surface area contributed by atoms with Crippen molar-refractivity contribution < 1.29 is 23.7 Å². The van der Waals surface area contributed by atoms with E-state index in [4.69, 9.17) is 37.1 Å². The third-order valence-corrected chi connectivity index (χ3v) is 7.21. The average Bonchev–Trinajstić information content (AvgIpc) is 3.74. The van der Waals surface area contributed by atoms with Gasteiger partial charge in [0.1, 0.15) is 17.7 Å². The first-order valence-corrected chi connectivity index (χ1v) is 11.6. The fourth-order valence-electron chi connectivity index (χ4n) is 4.33. The van der Waals surface area contributed by atoms with Crippen LogP contribution in [0.15, 0.2) is 24.5 Å². The van der Waals surface area contributed by atoms with E-state index in [0.717, 1.165) is 25.7 Å². The molecule has 34 heavy (non-hydrogen) atoms. The van der Waals surface area contributed by atoms with Gasteiger partial charge in [-0.25, -0.2) is 9.64 Å². The predicted octanol–water partition coefficient (Wildman–Crippen LogP) is 5.26. The van der Waals surface area contributed by atoms with Crippen molar-refractivity contribution in [1.82, 2.24) is 14.9 Å². The SMILES string of the molecule is [C-]#[N+]c1ccc(Oc2ncnc(OCC34CCN(C(=O)OC5(C)CC5)CC3C4)c2OC)c(Cl)c1. The van der Waals surface area contributed by atoms with Gasteiger partial charge < -0.3 is 23.8 Å². The number of hydrogen-bond donors (Lipinski definition) is 0. The molecule has 178 valence electrons. The molecule has 0 radical (unpaired) electrons. The predicted molar refractivity (Wildman–Crippen MR) is 123 cm³/mol. The molecule has 9 nitrogen and oxygen atoms in total. The molecule has 2 aromatic rings. The van der Waals surface area contributed by atoms with Gasteiger partial charge in [0.2, 0.25) is 5.75 Å². The van der Waals surface area contributed by atoms with Crippen molar-refractivity contribution in [3.05, 3.63) is 41.0 Å². The van der Waals surface area contributed by atoms with E-state index in [-0.39, 0.29) is 39.6 Å². The maximum atomic E-state index is 12.4. The standard InChI is InChI=1S/C24H25ClN4O5/c1-23(6-7-23)34-22(30)29-9-8-24(11-15(24)12-29)13-32-20-19(31-3)21(28-14-27-20)33-18-5-4-16(26-2)10-17(18)25/h4-5,10,14-15H,6-9,11-13H2,1,3H3. The number of carbonyl (C=O) groups excluding carboxylic acids is 1.